The highest BCUT2D eigenvalue weighted by Crippen LogP contribution is 2.11. The number of hydrogen-bond acceptors (Lipinski definition) is 4. The van der Waals surface area contributed by atoms with Gasteiger partial charge in [-0.05, 0) is 80.9 Å². The highest BCUT2D eigenvalue weighted by atomic mass is 19.1. The number of benzene rings is 2. The Balaban J connectivity index is 1.41. The second-order valence-corrected chi connectivity index (χ2v) is 10.3. The van der Waals surface area contributed by atoms with Crippen LogP contribution in [0.2, 0.25) is 0 Å². The number of nitrogens with one attached hydrogen (secondary N) is 1. The molecule has 6 nitrogen and oxygen atoms in total. The molecule has 2 aromatic carbocycles. The summed E-state index contributed by atoms with van der Waals surface area (Å²) in [7, 11) is 1.60. The molecule has 1 aromatic heterocycles. The van der Waals surface area contributed by atoms with Crippen molar-refractivity contribution in [2.45, 2.75) is 39.4 Å². The zero-order chi connectivity index (χ0) is 29.2. The molecule has 1 aliphatic rings. The Labute approximate surface area is 240 Å². The molecule has 0 spiro atoms. The summed E-state index contributed by atoms with van der Waals surface area (Å²) in [5.74, 6) is 2.40. The Kier molecular flexibility index (Phi) is 10.7. The molecule has 216 valence electrons. The maximum absolute atomic E-state index is 13.6. The number of rotatable bonds is 10. The fourth-order valence-electron chi connectivity index (χ4n) is 5.29. The van der Waals surface area contributed by atoms with Crippen LogP contribution in [0, 0.1) is 24.0 Å². The van der Waals surface area contributed by atoms with Gasteiger partial charge in [-0.15, -0.1) is 6.42 Å². The molecule has 0 radical (unpaired) electrons. The molecule has 1 N–H and O–H groups in total. The van der Waals surface area contributed by atoms with Crippen molar-refractivity contribution in [2.24, 2.45) is 0 Å². The first kappa shape index (κ1) is 30.0. The third kappa shape index (κ3) is 8.29. The van der Waals surface area contributed by atoms with Gasteiger partial charge in [-0.25, -0.2) is 8.78 Å². The molecule has 2 heterocycles. The first-order valence-electron chi connectivity index (χ1n) is 14.0. The molecule has 8 heteroatoms. The lowest BCUT2D eigenvalue weighted by Gasteiger charge is -2.22. The van der Waals surface area contributed by atoms with Crippen molar-refractivity contribution >= 4 is 17.7 Å². The third-order valence-corrected chi connectivity index (χ3v) is 7.45. The van der Waals surface area contributed by atoms with Crippen LogP contribution in [0.3, 0.4) is 0 Å². The fraction of sp³-hybridized carbons (Fsp3) is 0.364. The van der Waals surface area contributed by atoms with E-state index in [2.05, 4.69) is 21.0 Å². The molecule has 1 aliphatic heterocycles. The van der Waals surface area contributed by atoms with Gasteiger partial charge in [-0.1, -0.05) is 30.2 Å². The lowest BCUT2D eigenvalue weighted by molar-refractivity contribution is 0.0950. The second-order valence-electron chi connectivity index (χ2n) is 10.3. The van der Waals surface area contributed by atoms with Crippen molar-refractivity contribution in [1.82, 2.24) is 19.7 Å². The average Bonchev–Trinajstić information content (AvgIpc) is 3.17. The van der Waals surface area contributed by atoms with Crippen molar-refractivity contribution < 1.29 is 18.3 Å². The van der Waals surface area contributed by atoms with Gasteiger partial charge in [-0.2, -0.15) is 0 Å². The summed E-state index contributed by atoms with van der Waals surface area (Å²) in [4.78, 5) is 18.1. The summed E-state index contributed by atoms with van der Waals surface area (Å²) >= 11 is 0. The molecule has 41 heavy (non-hydrogen) atoms. The highest BCUT2D eigenvalue weighted by Gasteiger charge is 2.17. The molecular weight excluding hydrogens is 522 g/mol. The Hall–Kier alpha value is -3.93. The number of ether oxygens (including phenoxy) is 1. The lowest BCUT2D eigenvalue weighted by Crippen LogP contribution is -2.36. The van der Waals surface area contributed by atoms with Crippen LogP contribution in [-0.4, -0.2) is 60.1 Å². The molecule has 0 bridgehead atoms. The number of nitrogens with zero attached hydrogens (tertiary/aromatic N) is 3. The van der Waals surface area contributed by atoms with Gasteiger partial charge < -0.3 is 19.5 Å². The number of aromatic nitrogens is 1. The summed E-state index contributed by atoms with van der Waals surface area (Å²) in [6.07, 6.45) is 11.0. The summed E-state index contributed by atoms with van der Waals surface area (Å²) in [5, 5.41) is 4.30. The smallest absolute Gasteiger partial charge is 0.253 e. The summed E-state index contributed by atoms with van der Waals surface area (Å²) in [6.45, 7) is 8.45. The highest BCUT2D eigenvalue weighted by molar-refractivity contribution is 5.94. The van der Waals surface area contributed by atoms with Gasteiger partial charge in [0.1, 0.15) is 17.4 Å². The standard InChI is InChI=1S/C33H38F2N4O2/c1-4-8-30-31(33(40)36-22-27-9-5-10-29(35)21-27)24-39(32(30)25(2)41-3)18-7-16-37-15-6-17-38(20-19-37)23-26-11-13-28(34)14-12-26/h1,5,8-14,21,24H,6-7,15-20,22-23H2,2-3H3,(H,36,40)/b30-8-,32-25-. The van der Waals surface area contributed by atoms with E-state index in [0.29, 0.717) is 28.6 Å². The van der Waals surface area contributed by atoms with Gasteiger partial charge in [0.25, 0.3) is 5.91 Å². The third-order valence-electron chi connectivity index (χ3n) is 7.45. The number of hydrogen-bond donors (Lipinski definition) is 1. The van der Waals surface area contributed by atoms with E-state index in [0.717, 1.165) is 63.0 Å². The van der Waals surface area contributed by atoms with Crippen molar-refractivity contribution in [3.8, 4) is 12.3 Å². The maximum atomic E-state index is 13.6. The number of terminal acetylenes is 1. The quantitative estimate of drug-likeness (QED) is 0.386. The monoisotopic (exact) mass is 560 g/mol. The van der Waals surface area contributed by atoms with E-state index < -0.39 is 0 Å². The van der Waals surface area contributed by atoms with Gasteiger partial charge in [0, 0.05) is 44.1 Å². The second kappa shape index (κ2) is 14.6. The van der Waals surface area contributed by atoms with E-state index in [4.69, 9.17) is 11.2 Å². The van der Waals surface area contributed by atoms with Crippen LogP contribution in [0.5, 0.6) is 0 Å². The molecule has 0 unspecified atom stereocenters. The molecular formula is C33H38F2N4O2. The van der Waals surface area contributed by atoms with Crippen LogP contribution < -0.4 is 15.9 Å². The van der Waals surface area contributed by atoms with Crippen molar-refractivity contribution in [3.05, 3.63) is 93.6 Å². The molecule has 0 aliphatic carbocycles. The van der Waals surface area contributed by atoms with Crippen LogP contribution >= 0.6 is 0 Å². The molecule has 1 fully saturated rings. The van der Waals surface area contributed by atoms with Gasteiger partial charge in [0.15, 0.2) is 0 Å². The minimum Gasteiger partial charge on any atom is -0.499 e. The number of aryl methyl sites for hydroxylation is 1. The predicted molar refractivity (Wildman–Crippen MR) is 158 cm³/mol. The van der Waals surface area contributed by atoms with Crippen LogP contribution in [0.25, 0.3) is 11.8 Å². The minimum absolute atomic E-state index is 0.201. The summed E-state index contributed by atoms with van der Waals surface area (Å²) in [5.41, 5.74) is 2.26. The number of amides is 1. The van der Waals surface area contributed by atoms with Gasteiger partial charge in [-0.3, -0.25) is 9.69 Å². The Morgan fingerprint density at radius 1 is 1.02 bits per heavy atom. The largest absolute Gasteiger partial charge is 0.499 e. The van der Waals surface area contributed by atoms with E-state index in [1.807, 2.05) is 29.8 Å². The van der Waals surface area contributed by atoms with E-state index >= 15 is 0 Å². The Bertz CT molecular complexity index is 1490. The Morgan fingerprint density at radius 3 is 2.51 bits per heavy atom. The molecule has 1 amide bonds. The van der Waals surface area contributed by atoms with Crippen LogP contribution in [-0.2, 0) is 24.4 Å². The molecule has 4 rings (SSSR count). The van der Waals surface area contributed by atoms with E-state index in [1.165, 1.54) is 24.3 Å². The minimum atomic E-state index is -0.346. The zero-order valence-electron chi connectivity index (χ0n) is 23.8. The lowest BCUT2D eigenvalue weighted by atomic mass is 10.2. The van der Waals surface area contributed by atoms with Crippen LogP contribution in [0.1, 0.15) is 41.3 Å². The van der Waals surface area contributed by atoms with Gasteiger partial charge in [0.05, 0.1) is 18.0 Å². The molecule has 1 saturated heterocycles. The van der Waals surface area contributed by atoms with Crippen LogP contribution in [0.4, 0.5) is 8.78 Å². The number of methoxy groups -OCH3 is 1. The van der Waals surface area contributed by atoms with Crippen molar-refractivity contribution in [3.63, 3.8) is 0 Å². The topological polar surface area (TPSA) is 49.7 Å². The predicted octanol–water partition coefficient (Wildman–Crippen LogP) is 3.48. The Morgan fingerprint density at radius 2 is 1.78 bits per heavy atom. The van der Waals surface area contributed by atoms with Crippen molar-refractivity contribution in [1.29, 1.82) is 0 Å². The molecule has 0 atom stereocenters. The van der Waals surface area contributed by atoms with E-state index in [9.17, 15) is 13.6 Å². The summed E-state index contributed by atoms with van der Waals surface area (Å²) < 4.78 is 34.4. The average molecular weight is 561 g/mol. The SMILES string of the molecule is C#C/C=c1/c(C(=O)NCc2cccc(F)c2)cn(CCCN2CCCN(Cc3ccc(F)cc3)CC2)/c1=C(/C)OC. The molecule has 0 saturated carbocycles. The number of halogens is 2. The first-order valence-corrected chi connectivity index (χ1v) is 14.0. The normalized spacial score (nSPS) is 15.7. The van der Waals surface area contributed by atoms with E-state index in [1.54, 1.807) is 25.3 Å². The fourth-order valence-corrected chi connectivity index (χ4v) is 5.29. The maximum Gasteiger partial charge on any atom is 0.253 e. The van der Waals surface area contributed by atoms with Crippen LogP contribution in [0.15, 0.2) is 54.7 Å². The van der Waals surface area contributed by atoms with E-state index in [-0.39, 0.29) is 24.1 Å². The molecule has 3 aromatic rings. The zero-order valence-corrected chi connectivity index (χ0v) is 23.8. The summed E-state index contributed by atoms with van der Waals surface area (Å²) in [6, 6.07) is 12.9. The van der Waals surface area contributed by atoms with Gasteiger partial charge >= 0.3 is 0 Å². The first-order chi connectivity index (χ1) is 19.9. The van der Waals surface area contributed by atoms with Gasteiger partial charge in [0.2, 0.25) is 0 Å². The number of carbonyl (C=O) groups excluding carboxylic acids is 1. The number of carbonyl (C=O) groups is 1. The van der Waals surface area contributed by atoms with Crippen molar-refractivity contribution in [2.75, 3.05) is 39.8 Å².